The molecule has 0 bridgehead atoms. The summed E-state index contributed by atoms with van der Waals surface area (Å²) >= 11 is 0. The maximum Gasteiger partial charge on any atom is 0.330 e. The molecule has 0 unspecified atom stereocenters. The van der Waals surface area contributed by atoms with E-state index in [-0.39, 0.29) is 31.8 Å². The number of piperazine rings is 1. The molecule has 1 atom stereocenters. The lowest BCUT2D eigenvalue weighted by molar-refractivity contribution is -0.143. The fourth-order valence-electron chi connectivity index (χ4n) is 6.02. The molecule has 6 rings (SSSR count). The van der Waals surface area contributed by atoms with Crippen molar-refractivity contribution >= 4 is 46.6 Å². The number of rotatable bonds is 5. The normalized spacial score (nSPS) is 15.7. The van der Waals surface area contributed by atoms with Gasteiger partial charge in [-0.1, -0.05) is 54.6 Å². The number of anilines is 4. The topological polar surface area (TPSA) is 120 Å². The number of ketones is 1. The summed E-state index contributed by atoms with van der Waals surface area (Å²) in [6.45, 7) is -0.302. The summed E-state index contributed by atoms with van der Waals surface area (Å²) in [6, 6.07) is 25.4. The summed E-state index contributed by atoms with van der Waals surface area (Å²) in [7, 11) is 3.00. The van der Waals surface area contributed by atoms with Gasteiger partial charge in [-0.05, 0) is 48.0 Å². The molecule has 234 valence electrons. The minimum absolute atomic E-state index is 0.0468. The fourth-order valence-corrected chi connectivity index (χ4v) is 6.02. The van der Waals surface area contributed by atoms with Crippen LogP contribution >= 0.6 is 0 Å². The third-order valence-corrected chi connectivity index (χ3v) is 8.25. The molecule has 2 aliphatic heterocycles. The Hall–Kier alpha value is -5.84. The van der Waals surface area contributed by atoms with Crippen molar-refractivity contribution in [3.8, 4) is 11.5 Å². The monoisotopic (exact) mass is 620 g/mol. The van der Waals surface area contributed by atoms with Crippen LogP contribution in [0.1, 0.15) is 15.9 Å². The van der Waals surface area contributed by atoms with Gasteiger partial charge in [0, 0.05) is 25.1 Å². The van der Waals surface area contributed by atoms with Crippen LogP contribution in [0.25, 0.3) is 0 Å². The zero-order chi connectivity index (χ0) is 32.4. The van der Waals surface area contributed by atoms with Gasteiger partial charge in [-0.3, -0.25) is 14.6 Å². The number of methoxy groups -OCH3 is 2. The third-order valence-electron chi connectivity index (χ3n) is 8.25. The smallest absolute Gasteiger partial charge is 0.330 e. The van der Waals surface area contributed by atoms with Crippen LogP contribution in [0.4, 0.5) is 32.3 Å². The van der Waals surface area contributed by atoms with Gasteiger partial charge < -0.3 is 24.4 Å². The number of hydrogen-bond acceptors (Lipinski definition) is 6. The van der Waals surface area contributed by atoms with Crippen LogP contribution in [0, 0.1) is 0 Å². The average molecular weight is 621 g/mol. The van der Waals surface area contributed by atoms with Crippen LogP contribution < -0.4 is 19.3 Å². The van der Waals surface area contributed by atoms with Gasteiger partial charge in [-0.2, -0.15) is 0 Å². The number of carboxylic acids is 1. The molecular weight excluding hydrogens is 588 g/mol. The minimum atomic E-state index is -1.37. The molecule has 11 heteroatoms. The van der Waals surface area contributed by atoms with Crippen molar-refractivity contribution in [1.29, 1.82) is 0 Å². The Morgan fingerprint density at radius 2 is 1.33 bits per heavy atom. The summed E-state index contributed by atoms with van der Waals surface area (Å²) in [5, 5.41) is 10.4. The van der Waals surface area contributed by atoms with Gasteiger partial charge in [0.25, 0.3) is 0 Å². The van der Waals surface area contributed by atoms with E-state index < -0.39 is 24.1 Å². The van der Waals surface area contributed by atoms with E-state index in [1.165, 1.54) is 33.8 Å². The van der Waals surface area contributed by atoms with E-state index in [4.69, 9.17) is 9.47 Å². The van der Waals surface area contributed by atoms with E-state index >= 15 is 0 Å². The highest BCUT2D eigenvalue weighted by atomic mass is 16.5. The van der Waals surface area contributed by atoms with Gasteiger partial charge in [0.1, 0.15) is 17.5 Å². The van der Waals surface area contributed by atoms with Crippen LogP contribution in [-0.2, 0) is 11.2 Å². The Labute approximate surface area is 265 Å². The number of carbonyl (C=O) groups is 4. The molecule has 0 aliphatic carbocycles. The summed E-state index contributed by atoms with van der Waals surface area (Å²) in [6.07, 6.45) is 0.101. The second kappa shape index (κ2) is 12.6. The van der Waals surface area contributed by atoms with Crippen molar-refractivity contribution in [3.05, 3.63) is 108 Å². The van der Waals surface area contributed by atoms with Gasteiger partial charge in [0.2, 0.25) is 0 Å². The lowest BCUT2D eigenvalue weighted by atomic mass is 10.0. The Bertz CT molecular complexity index is 1780. The molecule has 2 aliphatic rings. The lowest BCUT2D eigenvalue weighted by Crippen LogP contribution is -2.62. The molecule has 4 aromatic rings. The van der Waals surface area contributed by atoms with Gasteiger partial charge in [0.05, 0.1) is 43.5 Å². The second-order valence-electron chi connectivity index (χ2n) is 10.8. The second-order valence-corrected chi connectivity index (χ2v) is 10.8. The van der Waals surface area contributed by atoms with Gasteiger partial charge >= 0.3 is 18.0 Å². The molecule has 4 aromatic carbocycles. The number of carbonyl (C=O) groups excluding carboxylic acids is 3. The Balaban J connectivity index is 1.36. The highest BCUT2D eigenvalue weighted by Crippen LogP contribution is 2.40. The minimum Gasteiger partial charge on any atom is -0.495 e. The number of hydrogen-bond donors (Lipinski definition) is 1. The SMILES string of the molecule is COc1ccccc1N(C(=O)N1CCN(C(=O)N2c3ccccc3CC(=O)c3ccccc32)[C@H](C(=O)O)C1)c1ccccc1OC. The van der Waals surface area contributed by atoms with Crippen molar-refractivity contribution in [3.63, 3.8) is 0 Å². The number of benzene rings is 4. The average Bonchev–Trinajstić information content (AvgIpc) is 3.21. The van der Waals surface area contributed by atoms with Crippen LogP contribution in [0.2, 0.25) is 0 Å². The first-order valence-electron chi connectivity index (χ1n) is 14.7. The van der Waals surface area contributed by atoms with E-state index in [2.05, 4.69) is 0 Å². The first kappa shape index (κ1) is 30.2. The van der Waals surface area contributed by atoms with E-state index in [1.807, 2.05) is 0 Å². The first-order chi connectivity index (χ1) is 22.3. The summed E-state index contributed by atoms with van der Waals surface area (Å²) < 4.78 is 11.2. The van der Waals surface area contributed by atoms with Crippen molar-refractivity contribution in [2.24, 2.45) is 0 Å². The number of aliphatic carboxylic acids is 1. The Morgan fingerprint density at radius 3 is 1.96 bits per heavy atom. The molecular formula is C35H32N4O7. The zero-order valence-electron chi connectivity index (χ0n) is 25.3. The molecule has 4 amide bonds. The highest BCUT2D eigenvalue weighted by molar-refractivity contribution is 6.12. The summed E-state index contributed by atoms with van der Waals surface area (Å²) in [5.74, 6) is -0.549. The number of carboxylic acid groups (broad SMARTS) is 1. The third kappa shape index (κ3) is 5.36. The van der Waals surface area contributed by atoms with Gasteiger partial charge in [-0.15, -0.1) is 0 Å². The molecule has 11 nitrogen and oxygen atoms in total. The number of fused-ring (bicyclic) bond motifs is 2. The van der Waals surface area contributed by atoms with Gasteiger partial charge in [0.15, 0.2) is 5.78 Å². The van der Waals surface area contributed by atoms with Crippen molar-refractivity contribution in [2.45, 2.75) is 12.5 Å². The van der Waals surface area contributed by atoms with Gasteiger partial charge in [-0.25, -0.2) is 14.4 Å². The number of amides is 4. The Kier molecular flexibility index (Phi) is 8.30. The molecule has 0 radical (unpaired) electrons. The molecule has 1 saturated heterocycles. The highest BCUT2D eigenvalue weighted by Gasteiger charge is 2.42. The van der Waals surface area contributed by atoms with Crippen molar-refractivity contribution in [2.75, 3.05) is 43.7 Å². The predicted molar refractivity (Wildman–Crippen MR) is 172 cm³/mol. The van der Waals surface area contributed by atoms with Crippen molar-refractivity contribution in [1.82, 2.24) is 9.80 Å². The number of urea groups is 2. The number of nitrogens with zero attached hydrogens (tertiary/aromatic N) is 4. The number of ether oxygens (including phenoxy) is 2. The Morgan fingerprint density at radius 1 is 0.761 bits per heavy atom. The largest absolute Gasteiger partial charge is 0.495 e. The number of para-hydroxylation sites is 6. The fraction of sp³-hybridized carbons (Fsp3) is 0.200. The van der Waals surface area contributed by atoms with Crippen LogP contribution in [0.5, 0.6) is 11.5 Å². The molecule has 1 fully saturated rings. The van der Waals surface area contributed by atoms with E-state index in [1.54, 1.807) is 97.1 Å². The summed E-state index contributed by atoms with van der Waals surface area (Å²) in [4.78, 5) is 60.3. The predicted octanol–water partition coefficient (Wildman–Crippen LogP) is 5.73. The van der Waals surface area contributed by atoms with E-state index in [9.17, 15) is 24.3 Å². The van der Waals surface area contributed by atoms with Crippen LogP contribution in [0.3, 0.4) is 0 Å². The quantitative estimate of drug-likeness (QED) is 0.303. The summed E-state index contributed by atoms with van der Waals surface area (Å²) in [5.41, 5.74) is 2.79. The molecule has 0 saturated carbocycles. The van der Waals surface area contributed by atoms with Crippen LogP contribution in [0.15, 0.2) is 97.1 Å². The maximum atomic E-state index is 14.4. The van der Waals surface area contributed by atoms with E-state index in [0.717, 1.165) is 0 Å². The zero-order valence-corrected chi connectivity index (χ0v) is 25.3. The molecule has 46 heavy (non-hydrogen) atoms. The first-order valence-corrected chi connectivity index (χ1v) is 14.7. The standard InChI is InChI=1S/C35H32N4O7/c1-45-31-17-9-7-15-27(31)39(28-16-8-10-18-32(28)46-2)34(43)36-19-20-37(29(22-36)33(41)42)35(44)38-25-13-5-3-11-23(25)21-30(40)24-12-4-6-14-26(24)38/h3-18,29H,19-22H2,1-2H3,(H,41,42)/t29-/m0/s1. The molecule has 0 aromatic heterocycles. The maximum absolute atomic E-state index is 14.4. The van der Waals surface area contributed by atoms with Crippen molar-refractivity contribution < 1.29 is 33.8 Å². The lowest BCUT2D eigenvalue weighted by Gasteiger charge is -2.42. The van der Waals surface area contributed by atoms with Crippen LogP contribution in [-0.4, -0.2) is 78.6 Å². The molecule has 1 N–H and O–H groups in total. The molecule has 0 spiro atoms. The molecule has 2 heterocycles. The number of Topliss-reactive ketones (excluding diaryl/α,β-unsaturated/α-hetero) is 1. The van der Waals surface area contributed by atoms with E-state index in [0.29, 0.717) is 45.4 Å².